The van der Waals surface area contributed by atoms with E-state index in [0.29, 0.717) is 0 Å². The molecule has 0 N–H and O–H groups in total. The van der Waals surface area contributed by atoms with Crippen molar-refractivity contribution < 1.29 is 0 Å². The molecule has 0 amide bonds. The number of hydrogen-bond acceptors (Lipinski definition) is 0. The number of rotatable bonds is 6. The summed E-state index contributed by atoms with van der Waals surface area (Å²) in [5.41, 5.74) is 11.9. The highest BCUT2D eigenvalue weighted by Gasteiger charge is 2.16. The minimum atomic E-state index is 1.08. The van der Waals surface area contributed by atoms with Crippen molar-refractivity contribution in [1.82, 2.24) is 9.13 Å². The van der Waals surface area contributed by atoms with E-state index in [2.05, 4.69) is 180 Å². The van der Waals surface area contributed by atoms with Gasteiger partial charge in [-0.25, -0.2) is 0 Å². The molecule has 2 heteroatoms. The SMILES string of the molecule is C=C/C=C(\C=C(/C)c1ccccc1)n1c2ccccc2c2cc(-c3ccc4c(c3)c3ccccc3n4-c3ccccc3)ccc21. The second-order valence-corrected chi connectivity index (χ2v) is 11.5. The van der Waals surface area contributed by atoms with Crippen LogP contribution in [0.5, 0.6) is 0 Å². The van der Waals surface area contributed by atoms with Crippen molar-refractivity contribution in [3.63, 3.8) is 0 Å². The zero-order chi connectivity index (χ0) is 30.3. The predicted molar refractivity (Wildman–Crippen MR) is 194 cm³/mol. The van der Waals surface area contributed by atoms with Crippen molar-refractivity contribution in [3.8, 4) is 16.8 Å². The first kappa shape index (κ1) is 26.7. The van der Waals surface area contributed by atoms with E-state index < -0.39 is 0 Å². The Hall–Kier alpha value is -5.86. The van der Waals surface area contributed by atoms with Gasteiger partial charge in [-0.1, -0.05) is 110 Å². The van der Waals surface area contributed by atoms with E-state index in [4.69, 9.17) is 0 Å². The third-order valence-corrected chi connectivity index (χ3v) is 8.83. The Morgan fingerprint density at radius 2 is 1.04 bits per heavy atom. The fraction of sp³-hybridized carbons (Fsp3) is 0.0233. The summed E-state index contributed by atoms with van der Waals surface area (Å²) < 4.78 is 4.73. The number of benzene rings is 6. The monoisotopic (exact) mass is 576 g/mol. The van der Waals surface area contributed by atoms with E-state index in [0.717, 1.165) is 5.70 Å². The topological polar surface area (TPSA) is 9.86 Å². The molecule has 0 aliphatic carbocycles. The highest BCUT2D eigenvalue weighted by molar-refractivity contribution is 6.13. The molecule has 8 rings (SSSR count). The van der Waals surface area contributed by atoms with Gasteiger partial charge in [-0.05, 0) is 89.9 Å². The van der Waals surface area contributed by atoms with Crippen LogP contribution in [0.2, 0.25) is 0 Å². The van der Waals surface area contributed by atoms with Gasteiger partial charge in [0.05, 0.1) is 22.1 Å². The van der Waals surface area contributed by atoms with Gasteiger partial charge in [0.25, 0.3) is 0 Å². The molecule has 6 aromatic carbocycles. The van der Waals surface area contributed by atoms with Crippen LogP contribution in [-0.2, 0) is 0 Å². The Morgan fingerprint density at radius 3 is 1.73 bits per heavy atom. The number of nitrogens with zero attached hydrogens (tertiary/aromatic N) is 2. The molecule has 8 aromatic rings. The van der Waals surface area contributed by atoms with Gasteiger partial charge in [0.2, 0.25) is 0 Å². The molecule has 0 aliphatic rings. The van der Waals surface area contributed by atoms with Crippen molar-refractivity contribution >= 4 is 54.9 Å². The molecule has 0 saturated carbocycles. The Kier molecular flexibility index (Phi) is 6.54. The van der Waals surface area contributed by atoms with Crippen LogP contribution in [0.4, 0.5) is 0 Å². The van der Waals surface area contributed by atoms with Crippen molar-refractivity contribution in [3.05, 3.63) is 176 Å². The maximum Gasteiger partial charge on any atom is 0.0541 e. The van der Waals surface area contributed by atoms with Gasteiger partial charge in [-0.3, -0.25) is 0 Å². The van der Waals surface area contributed by atoms with E-state index in [1.165, 1.54) is 71.6 Å². The highest BCUT2D eigenvalue weighted by Crippen LogP contribution is 2.38. The molecule has 0 atom stereocenters. The second kappa shape index (κ2) is 11.0. The number of hydrogen-bond donors (Lipinski definition) is 0. The smallest absolute Gasteiger partial charge is 0.0541 e. The summed E-state index contributed by atoms with van der Waals surface area (Å²) in [5, 5.41) is 4.98. The van der Waals surface area contributed by atoms with E-state index in [1.54, 1.807) is 0 Å². The maximum absolute atomic E-state index is 4.05. The van der Waals surface area contributed by atoms with Crippen LogP contribution >= 0.6 is 0 Å². The first-order valence-electron chi connectivity index (χ1n) is 15.4. The van der Waals surface area contributed by atoms with Gasteiger partial charge in [0.15, 0.2) is 0 Å². The van der Waals surface area contributed by atoms with Gasteiger partial charge in [-0.15, -0.1) is 0 Å². The van der Waals surface area contributed by atoms with Crippen molar-refractivity contribution in [2.75, 3.05) is 0 Å². The fourth-order valence-electron chi connectivity index (χ4n) is 6.75. The van der Waals surface area contributed by atoms with E-state index in [-0.39, 0.29) is 0 Å². The summed E-state index contributed by atoms with van der Waals surface area (Å²) in [6, 6.07) is 52.3. The molecule has 0 unspecified atom stereocenters. The van der Waals surface area contributed by atoms with Crippen LogP contribution in [-0.4, -0.2) is 9.13 Å². The van der Waals surface area contributed by atoms with Crippen LogP contribution in [0.15, 0.2) is 170 Å². The first-order valence-corrected chi connectivity index (χ1v) is 15.4. The molecule has 0 fully saturated rings. The first-order chi connectivity index (χ1) is 22.2. The summed E-state index contributed by atoms with van der Waals surface area (Å²) in [4.78, 5) is 0. The van der Waals surface area contributed by atoms with Gasteiger partial charge < -0.3 is 9.13 Å². The largest absolute Gasteiger partial charge is 0.309 e. The van der Waals surface area contributed by atoms with Crippen molar-refractivity contribution in [1.29, 1.82) is 0 Å². The van der Waals surface area contributed by atoms with Crippen molar-refractivity contribution in [2.24, 2.45) is 0 Å². The molecule has 214 valence electrons. The predicted octanol–water partition coefficient (Wildman–Crippen LogP) is 11.7. The lowest BCUT2D eigenvalue weighted by molar-refractivity contribution is 1.18. The minimum absolute atomic E-state index is 1.08. The number of aromatic nitrogens is 2. The summed E-state index contributed by atoms with van der Waals surface area (Å²) in [6.07, 6.45) is 6.23. The lowest BCUT2D eigenvalue weighted by atomic mass is 10.0. The average Bonchev–Trinajstić information content (AvgIpc) is 3.61. The van der Waals surface area contributed by atoms with Crippen LogP contribution in [0.3, 0.4) is 0 Å². The molecule has 0 radical (unpaired) electrons. The lowest BCUT2D eigenvalue weighted by Gasteiger charge is -2.11. The van der Waals surface area contributed by atoms with Crippen LogP contribution < -0.4 is 0 Å². The standard InChI is InChI=1S/C43H32N2/c1-3-14-35(27-30(2)31-15-6-4-7-16-31)45-41-22-13-11-20-37(41)39-29-33(24-26-43(39)45)32-23-25-42-38(28-32)36-19-10-12-21-40(36)44(42)34-17-8-5-9-18-34/h3-29H,1H2,2H3/b30-27+,35-14+. The number of para-hydroxylation sites is 3. The molecule has 0 bridgehead atoms. The van der Waals surface area contributed by atoms with Gasteiger partial charge in [-0.2, -0.15) is 0 Å². The molecular weight excluding hydrogens is 544 g/mol. The average molecular weight is 577 g/mol. The van der Waals surface area contributed by atoms with Crippen molar-refractivity contribution in [2.45, 2.75) is 6.92 Å². The quantitative estimate of drug-likeness (QED) is 0.174. The van der Waals surface area contributed by atoms with Gasteiger partial charge in [0, 0.05) is 32.9 Å². The third-order valence-electron chi connectivity index (χ3n) is 8.83. The summed E-state index contributed by atoms with van der Waals surface area (Å²) in [6.45, 7) is 6.22. The zero-order valence-corrected chi connectivity index (χ0v) is 25.2. The molecule has 0 spiro atoms. The van der Waals surface area contributed by atoms with Crippen LogP contribution in [0, 0.1) is 0 Å². The molecule has 0 aliphatic heterocycles. The van der Waals surface area contributed by atoms with Gasteiger partial charge in [0.1, 0.15) is 0 Å². The van der Waals surface area contributed by atoms with Crippen LogP contribution in [0.25, 0.3) is 71.7 Å². The second-order valence-electron chi connectivity index (χ2n) is 11.5. The Labute approximate surface area is 263 Å². The van der Waals surface area contributed by atoms with E-state index in [1.807, 2.05) is 6.08 Å². The molecule has 2 heterocycles. The molecule has 2 aromatic heterocycles. The Bertz CT molecular complexity index is 2430. The van der Waals surface area contributed by atoms with E-state index in [9.17, 15) is 0 Å². The van der Waals surface area contributed by atoms with E-state index >= 15 is 0 Å². The van der Waals surface area contributed by atoms with Crippen LogP contribution in [0.1, 0.15) is 12.5 Å². The molecule has 0 saturated heterocycles. The summed E-state index contributed by atoms with van der Waals surface area (Å²) in [7, 11) is 0. The Morgan fingerprint density at radius 1 is 0.533 bits per heavy atom. The molecular formula is C43H32N2. The summed E-state index contributed by atoms with van der Waals surface area (Å²) in [5.74, 6) is 0. The lowest BCUT2D eigenvalue weighted by Crippen LogP contribution is -1.95. The molecule has 2 nitrogen and oxygen atoms in total. The maximum atomic E-state index is 4.05. The fourth-order valence-corrected chi connectivity index (χ4v) is 6.75. The summed E-state index contributed by atoms with van der Waals surface area (Å²) >= 11 is 0. The number of allylic oxidation sites excluding steroid dienone is 5. The third kappa shape index (κ3) is 4.51. The minimum Gasteiger partial charge on any atom is -0.309 e. The Balaban J connectivity index is 1.31. The zero-order valence-electron chi connectivity index (χ0n) is 25.2. The molecule has 45 heavy (non-hydrogen) atoms. The normalized spacial score (nSPS) is 12.5. The van der Waals surface area contributed by atoms with Gasteiger partial charge >= 0.3 is 0 Å². The number of fused-ring (bicyclic) bond motifs is 6. The highest BCUT2D eigenvalue weighted by atomic mass is 15.0.